The zero-order valence-corrected chi connectivity index (χ0v) is 24.4. The zero-order chi connectivity index (χ0) is 28.1. The highest BCUT2D eigenvalue weighted by Gasteiger charge is 2.36. The Balaban J connectivity index is 1.28. The minimum absolute atomic E-state index is 0.130. The van der Waals surface area contributed by atoms with E-state index in [1.54, 1.807) is 24.7 Å². The van der Waals surface area contributed by atoms with Crippen molar-refractivity contribution >= 4 is 25.1 Å². The van der Waals surface area contributed by atoms with Gasteiger partial charge in [-0.3, -0.25) is 9.48 Å². The zero-order valence-electron chi connectivity index (χ0n) is 23.4. The van der Waals surface area contributed by atoms with Crippen molar-refractivity contribution in [2.45, 2.75) is 64.1 Å². The first kappa shape index (κ1) is 27.7. The van der Waals surface area contributed by atoms with Gasteiger partial charge in [0.05, 0.1) is 36.3 Å². The summed E-state index contributed by atoms with van der Waals surface area (Å²) in [6.07, 6.45) is 9.88. The Morgan fingerprint density at radius 2 is 2.00 bits per heavy atom. The van der Waals surface area contributed by atoms with Crippen LogP contribution in [0.2, 0.25) is 25.7 Å². The summed E-state index contributed by atoms with van der Waals surface area (Å²) in [5.41, 5.74) is 2.48. The number of nitriles is 1. The third-order valence-electron chi connectivity index (χ3n) is 7.61. The maximum absolute atomic E-state index is 12.8. The molecule has 1 fully saturated rings. The van der Waals surface area contributed by atoms with Gasteiger partial charge >= 0.3 is 5.97 Å². The van der Waals surface area contributed by atoms with E-state index in [-0.39, 0.29) is 23.8 Å². The Kier molecular flexibility index (Phi) is 8.42. The molecule has 5 rings (SSSR count). The molecule has 3 atom stereocenters. The molecular weight excluding hydrogens is 520 g/mol. The van der Waals surface area contributed by atoms with Gasteiger partial charge in [-0.1, -0.05) is 37.8 Å². The van der Waals surface area contributed by atoms with Gasteiger partial charge < -0.3 is 14.0 Å². The SMILES string of the molecule is C[Si](C)(C)CCOCn1ccc2c(-c3cnn(C(CC#N)[C@H]4CC[C@H](C(=O)Oc5ccccc5)C4)c3)ncnc21. The quantitative estimate of drug-likeness (QED) is 0.0953. The fraction of sp³-hybridized carbons (Fsp3) is 0.433. The van der Waals surface area contributed by atoms with Crippen molar-refractivity contribution in [2.75, 3.05) is 6.61 Å². The van der Waals surface area contributed by atoms with Gasteiger partial charge in [-0.2, -0.15) is 10.4 Å². The number of rotatable bonds is 11. The van der Waals surface area contributed by atoms with Crippen LogP contribution in [-0.2, 0) is 16.3 Å². The standard InChI is InChI=1S/C30H36N6O3Si/c1-40(2,3)16-15-38-21-35-14-12-26-28(32-20-33-29(26)35)24-18-34-36(19-24)27(11-13-31)22-9-10-23(17-22)30(37)39-25-7-5-4-6-8-25/h4-8,12,14,18-20,22-23,27H,9-11,15-17,21H2,1-3H3/t22-,23-,27?/m0/s1. The van der Waals surface area contributed by atoms with Gasteiger partial charge in [0.1, 0.15) is 24.5 Å². The van der Waals surface area contributed by atoms with Crippen molar-refractivity contribution in [1.29, 1.82) is 5.26 Å². The molecule has 1 aliphatic carbocycles. The smallest absolute Gasteiger partial charge is 0.314 e. The minimum Gasteiger partial charge on any atom is -0.426 e. The number of ether oxygens (including phenoxy) is 2. The molecule has 10 heteroatoms. The van der Waals surface area contributed by atoms with Crippen LogP contribution in [0.15, 0.2) is 61.3 Å². The molecule has 9 nitrogen and oxygen atoms in total. The fourth-order valence-electron chi connectivity index (χ4n) is 5.36. The lowest BCUT2D eigenvalue weighted by Gasteiger charge is -2.21. The molecule has 0 saturated heterocycles. The lowest BCUT2D eigenvalue weighted by Crippen LogP contribution is -2.22. The van der Waals surface area contributed by atoms with E-state index in [0.29, 0.717) is 25.3 Å². The molecule has 0 amide bonds. The van der Waals surface area contributed by atoms with E-state index in [1.165, 1.54) is 0 Å². The number of fused-ring (bicyclic) bond motifs is 1. The van der Waals surface area contributed by atoms with Crippen molar-refractivity contribution in [3.8, 4) is 23.1 Å². The molecule has 3 aromatic heterocycles. The second-order valence-electron chi connectivity index (χ2n) is 11.7. The summed E-state index contributed by atoms with van der Waals surface area (Å²) in [6, 6.07) is 14.5. The first-order chi connectivity index (χ1) is 19.3. The van der Waals surface area contributed by atoms with Crippen LogP contribution < -0.4 is 4.74 Å². The monoisotopic (exact) mass is 556 g/mol. The van der Waals surface area contributed by atoms with Crippen molar-refractivity contribution < 1.29 is 14.3 Å². The molecule has 0 radical (unpaired) electrons. The largest absolute Gasteiger partial charge is 0.426 e. The van der Waals surface area contributed by atoms with E-state index in [9.17, 15) is 10.1 Å². The average Bonchev–Trinajstić information content (AvgIpc) is 3.70. The highest BCUT2D eigenvalue weighted by molar-refractivity contribution is 6.76. The van der Waals surface area contributed by atoms with Gasteiger partial charge in [0.25, 0.3) is 0 Å². The van der Waals surface area contributed by atoms with E-state index < -0.39 is 8.07 Å². The van der Waals surface area contributed by atoms with Crippen molar-refractivity contribution in [2.24, 2.45) is 11.8 Å². The number of nitrogens with zero attached hydrogens (tertiary/aromatic N) is 6. The molecule has 1 aromatic carbocycles. The van der Waals surface area contributed by atoms with Gasteiger partial charge in [0, 0.05) is 38.0 Å². The molecule has 1 unspecified atom stereocenters. The molecule has 40 heavy (non-hydrogen) atoms. The molecule has 1 aliphatic rings. The Morgan fingerprint density at radius 1 is 1.18 bits per heavy atom. The first-order valence-electron chi connectivity index (χ1n) is 13.9. The number of carbonyl (C=O) groups is 1. The van der Waals surface area contributed by atoms with Crippen molar-refractivity contribution in [3.63, 3.8) is 0 Å². The summed E-state index contributed by atoms with van der Waals surface area (Å²) in [5.74, 6) is 0.323. The van der Waals surface area contributed by atoms with Crippen LogP contribution in [-0.4, -0.2) is 45.0 Å². The summed E-state index contributed by atoms with van der Waals surface area (Å²) < 4.78 is 15.4. The average molecular weight is 557 g/mol. The number of hydrogen-bond acceptors (Lipinski definition) is 7. The molecular formula is C30H36N6O3Si. The lowest BCUT2D eigenvalue weighted by molar-refractivity contribution is -0.138. The number of esters is 1. The molecule has 0 bridgehead atoms. The van der Waals surface area contributed by atoms with E-state index in [1.807, 2.05) is 45.9 Å². The van der Waals surface area contributed by atoms with E-state index in [4.69, 9.17) is 9.47 Å². The van der Waals surface area contributed by atoms with Gasteiger partial charge in [0.15, 0.2) is 0 Å². The highest BCUT2D eigenvalue weighted by atomic mass is 28.3. The van der Waals surface area contributed by atoms with E-state index in [0.717, 1.165) is 47.8 Å². The van der Waals surface area contributed by atoms with Crippen LogP contribution in [0.5, 0.6) is 5.75 Å². The number of benzene rings is 1. The van der Waals surface area contributed by atoms with E-state index in [2.05, 4.69) is 40.8 Å². The van der Waals surface area contributed by atoms with Gasteiger partial charge in [-0.15, -0.1) is 0 Å². The molecule has 3 heterocycles. The van der Waals surface area contributed by atoms with Crippen LogP contribution in [0.4, 0.5) is 0 Å². The predicted octanol–water partition coefficient (Wildman–Crippen LogP) is 6.08. The molecule has 4 aromatic rings. The summed E-state index contributed by atoms with van der Waals surface area (Å²) in [7, 11) is -1.15. The molecule has 0 aliphatic heterocycles. The van der Waals surface area contributed by atoms with Crippen LogP contribution in [0.25, 0.3) is 22.3 Å². The summed E-state index contributed by atoms with van der Waals surface area (Å²) >= 11 is 0. The summed E-state index contributed by atoms with van der Waals surface area (Å²) in [6.45, 7) is 8.21. The summed E-state index contributed by atoms with van der Waals surface area (Å²) in [4.78, 5) is 21.9. The second-order valence-corrected chi connectivity index (χ2v) is 17.4. The maximum atomic E-state index is 12.8. The summed E-state index contributed by atoms with van der Waals surface area (Å²) in [5, 5.41) is 15.2. The van der Waals surface area contributed by atoms with Crippen LogP contribution in [0.3, 0.4) is 0 Å². The number of aromatic nitrogens is 5. The van der Waals surface area contributed by atoms with Gasteiger partial charge in [-0.25, -0.2) is 9.97 Å². The second kappa shape index (κ2) is 12.1. The van der Waals surface area contributed by atoms with Crippen LogP contribution in [0, 0.1) is 23.2 Å². The number of hydrogen-bond donors (Lipinski definition) is 0. The number of carbonyl (C=O) groups excluding carboxylic acids is 1. The van der Waals surface area contributed by atoms with E-state index >= 15 is 0 Å². The Hall–Kier alpha value is -3.81. The predicted molar refractivity (Wildman–Crippen MR) is 155 cm³/mol. The number of para-hydroxylation sites is 1. The first-order valence-corrected chi connectivity index (χ1v) is 17.6. The fourth-order valence-corrected chi connectivity index (χ4v) is 6.12. The molecule has 0 spiro atoms. The third kappa shape index (κ3) is 6.49. The highest BCUT2D eigenvalue weighted by Crippen LogP contribution is 2.40. The topological polar surface area (TPSA) is 108 Å². The van der Waals surface area contributed by atoms with Crippen molar-refractivity contribution in [3.05, 3.63) is 61.3 Å². The van der Waals surface area contributed by atoms with Crippen LogP contribution in [0.1, 0.15) is 31.7 Å². The lowest BCUT2D eigenvalue weighted by atomic mass is 9.94. The Bertz CT molecular complexity index is 1490. The maximum Gasteiger partial charge on any atom is 0.314 e. The third-order valence-corrected chi connectivity index (χ3v) is 9.31. The van der Waals surface area contributed by atoms with Crippen LogP contribution >= 0.6 is 0 Å². The Morgan fingerprint density at radius 3 is 2.77 bits per heavy atom. The molecule has 208 valence electrons. The van der Waals surface area contributed by atoms with Crippen molar-refractivity contribution in [1.82, 2.24) is 24.3 Å². The minimum atomic E-state index is -1.15. The van der Waals surface area contributed by atoms with Gasteiger partial charge in [-0.05, 0) is 49.4 Å². The Labute approximate surface area is 235 Å². The normalized spacial score (nSPS) is 18.1. The van der Waals surface area contributed by atoms with Gasteiger partial charge in [0.2, 0.25) is 0 Å². The molecule has 0 N–H and O–H groups in total. The molecule has 1 saturated carbocycles.